The smallest absolute Gasteiger partial charge is 0.224 e. The quantitative estimate of drug-likeness (QED) is 0.548. The first kappa shape index (κ1) is 15.9. The van der Waals surface area contributed by atoms with Crippen molar-refractivity contribution in [3.63, 3.8) is 0 Å². The van der Waals surface area contributed by atoms with Crippen molar-refractivity contribution in [3.05, 3.63) is 0 Å². The van der Waals surface area contributed by atoms with Gasteiger partial charge in [0.15, 0.2) is 0 Å². The van der Waals surface area contributed by atoms with E-state index in [0.717, 1.165) is 19.3 Å². The molecule has 1 unspecified atom stereocenters. The second-order valence-corrected chi connectivity index (χ2v) is 4.11. The van der Waals surface area contributed by atoms with Crippen LogP contribution in [0.15, 0.2) is 0 Å². The predicted molar refractivity (Wildman–Crippen MR) is 68.4 cm³/mol. The number of hydrogen-bond acceptors (Lipinski definition) is 3. The van der Waals surface area contributed by atoms with Gasteiger partial charge in [-0.3, -0.25) is 9.59 Å². The largest absolute Gasteiger partial charge is 0.356 e. The second-order valence-electron chi connectivity index (χ2n) is 4.11. The summed E-state index contributed by atoms with van der Waals surface area (Å²) in [5, 5.41) is 5.51. The molecular formula is C12H25N3O2. The normalized spacial score (nSPS) is 11.9. The van der Waals surface area contributed by atoms with Gasteiger partial charge < -0.3 is 16.4 Å². The number of hydrogen-bond donors (Lipinski definition) is 3. The van der Waals surface area contributed by atoms with Gasteiger partial charge in [0.05, 0.1) is 5.92 Å². The molecule has 0 bridgehead atoms. The van der Waals surface area contributed by atoms with E-state index in [4.69, 9.17) is 5.73 Å². The highest BCUT2D eigenvalue weighted by Gasteiger charge is 2.15. The molecule has 1 atom stereocenters. The van der Waals surface area contributed by atoms with E-state index in [9.17, 15) is 9.59 Å². The van der Waals surface area contributed by atoms with Crippen molar-refractivity contribution in [2.75, 3.05) is 19.6 Å². The van der Waals surface area contributed by atoms with Crippen LogP contribution in [0.5, 0.6) is 0 Å². The fourth-order valence-electron chi connectivity index (χ4n) is 1.50. The lowest BCUT2D eigenvalue weighted by atomic mass is 10.0. The second kappa shape index (κ2) is 10.1. The molecule has 4 N–H and O–H groups in total. The average molecular weight is 243 g/mol. The molecule has 0 spiro atoms. The van der Waals surface area contributed by atoms with E-state index in [1.54, 1.807) is 0 Å². The van der Waals surface area contributed by atoms with Crippen molar-refractivity contribution < 1.29 is 9.59 Å². The fraction of sp³-hybridized carbons (Fsp3) is 0.833. The molecule has 0 aliphatic heterocycles. The maximum atomic E-state index is 11.6. The summed E-state index contributed by atoms with van der Waals surface area (Å²) in [7, 11) is 0. The molecule has 0 rings (SSSR count). The Hall–Kier alpha value is -1.10. The summed E-state index contributed by atoms with van der Waals surface area (Å²) in [4.78, 5) is 22.9. The molecule has 0 aromatic rings. The fourth-order valence-corrected chi connectivity index (χ4v) is 1.50. The van der Waals surface area contributed by atoms with Crippen LogP contribution < -0.4 is 16.4 Å². The molecule has 0 radical (unpaired) electrons. The minimum absolute atomic E-state index is 0.0214. The van der Waals surface area contributed by atoms with Crippen LogP contribution in [0, 0.1) is 5.92 Å². The molecule has 0 saturated heterocycles. The first-order chi connectivity index (χ1) is 8.15. The zero-order valence-corrected chi connectivity index (χ0v) is 10.9. The van der Waals surface area contributed by atoms with Gasteiger partial charge in [0.1, 0.15) is 0 Å². The Balaban J connectivity index is 3.72. The molecule has 2 amide bonds. The van der Waals surface area contributed by atoms with Crippen LogP contribution in [0.1, 0.15) is 39.5 Å². The number of carbonyl (C=O) groups is 2. The Kier molecular flexibility index (Phi) is 9.43. The van der Waals surface area contributed by atoms with Crippen LogP contribution in [0.3, 0.4) is 0 Å². The van der Waals surface area contributed by atoms with E-state index < -0.39 is 0 Å². The SMILES string of the molecule is CCCNC(=O)CCNC(=O)C(CN)CCC. The van der Waals surface area contributed by atoms with Crippen molar-refractivity contribution in [2.24, 2.45) is 11.7 Å². The van der Waals surface area contributed by atoms with Crippen molar-refractivity contribution in [1.29, 1.82) is 0 Å². The lowest BCUT2D eigenvalue weighted by Crippen LogP contribution is -2.37. The number of rotatable bonds is 9. The Labute approximate surface area is 104 Å². The summed E-state index contributed by atoms with van der Waals surface area (Å²) in [6, 6.07) is 0. The average Bonchev–Trinajstić information content (AvgIpc) is 2.33. The van der Waals surface area contributed by atoms with Gasteiger partial charge in [-0.05, 0) is 12.8 Å². The summed E-state index contributed by atoms with van der Waals surface area (Å²) >= 11 is 0. The summed E-state index contributed by atoms with van der Waals surface area (Å²) < 4.78 is 0. The van der Waals surface area contributed by atoms with E-state index in [1.165, 1.54) is 0 Å². The molecule has 17 heavy (non-hydrogen) atoms. The first-order valence-electron chi connectivity index (χ1n) is 6.40. The van der Waals surface area contributed by atoms with Crippen LogP contribution in [0.2, 0.25) is 0 Å². The molecular weight excluding hydrogens is 218 g/mol. The van der Waals surface area contributed by atoms with Gasteiger partial charge in [-0.25, -0.2) is 0 Å². The van der Waals surface area contributed by atoms with Crippen molar-refractivity contribution in [3.8, 4) is 0 Å². The van der Waals surface area contributed by atoms with E-state index in [0.29, 0.717) is 26.1 Å². The minimum atomic E-state index is -0.126. The number of nitrogens with one attached hydrogen (secondary N) is 2. The van der Waals surface area contributed by atoms with Crippen LogP contribution in [-0.4, -0.2) is 31.4 Å². The maximum Gasteiger partial charge on any atom is 0.224 e. The van der Waals surface area contributed by atoms with Crippen LogP contribution >= 0.6 is 0 Å². The summed E-state index contributed by atoms with van der Waals surface area (Å²) in [6.45, 7) is 5.46. The molecule has 0 aliphatic rings. The summed E-state index contributed by atoms with van der Waals surface area (Å²) in [5.41, 5.74) is 5.52. The third-order valence-electron chi connectivity index (χ3n) is 2.52. The van der Waals surface area contributed by atoms with E-state index in [1.807, 2.05) is 13.8 Å². The third-order valence-corrected chi connectivity index (χ3v) is 2.52. The molecule has 0 aromatic carbocycles. The summed E-state index contributed by atoms with van der Waals surface area (Å²) in [6.07, 6.45) is 2.98. The maximum absolute atomic E-state index is 11.6. The van der Waals surface area contributed by atoms with E-state index in [2.05, 4.69) is 10.6 Å². The minimum Gasteiger partial charge on any atom is -0.356 e. The molecule has 0 heterocycles. The lowest BCUT2D eigenvalue weighted by molar-refractivity contribution is -0.125. The lowest BCUT2D eigenvalue weighted by Gasteiger charge is -2.13. The predicted octanol–water partition coefficient (Wildman–Crippen LogP) is 0.394. The molecule has 0 aliphatic carbocycles. The molecule has 5 heteroatoms. The number of amides is 2. The van der Waals surface area contributed by atoms with Crippen molar-refractivity contribution in [1.82, 2.24) is 10.6 Å². The highest BCUT2D eigenvalue weighted by Crippen LogP contribution is 2.03. The van der Waals surface area contributed by atoms with Crippen LogP contribution in [0.25, 0.3) is 0 Å². The number of carbonyl (C=O) groups excluding carboxylic acids is 2. The van der Waals surface area contributed by atoms with Crippen LogP contribution in [-0.2, 0) is 9.59 Å². The Morgan fingerprint density at radius 3 is 2.35 bits per heavy atom. The summed E-state index contributed by atoms with van der Waals surface area (Å²) in [5.74, 6) is -0.191. The first-order valence-corrected chi connectivity index (χ1v) is 6.40. The monoisotopic (exact) mass is 243 g/mol. The zero-order valence-electron chi connectivity index (χ0n) is 10.9. The standard InChI is InChI=1S/C12H25N3O2/c1-3-5-10(9-13)12(17)15-8-6-11(16)14-7-4-2/h10H,3-9,13H2,1-2H3,(H,14,16)(H,15,17). The highest BCUT2D eigenvalue weighted by atomic mass is 16.2. The molecule has 0 saturated carbocycles. The third kappa shape index (κ3) is 7.74. The zero-order chi connectivity index (χ0) is 13.1. The molecule has 0 fully saturated rings. The number of nitrogens with two attached hydrogens (primary N) is 1. The van der Waals surface area contributed by atoms with E-state index in [-0.39, 0.29) is 17.7 Å². The van der Waals surface area contributed by atoms with Gasteiger partial charge >= 0.3 is 0 Å². The van der Waals surface area contributed by atoms with Gasteiger partial charge in [0.25, 0.3) is 0 Å². The highest BCUT2D eigenvalue weighted by molar-refractivity contribution is 5.80. The van der Waals surface area contributed by atoms with Gasteiger partial charge in [-0.15, -0.1) is 0 Å². The van der Waals surface area contributed by atoms with Crippen LogP contribution in [0.4, 0.5) is 0 Å². The Bertz CT molecular complexity index is 232. The topological polar surface area (TPSA) is 84.2 Å². The molecule has 5 nitrogen and oxygen atoms in total. The van der Waals surface area contributed by atoms with Gasteiger partial charge in [-0.1, -0.05) is 20.3 Å². The molecule has 100 valence electrons. The van der Waals surface area contributed by atoms with Gasteiger partial charge in [0, 0.05) is 26.1 Å². The van der Waals surface area contributed by atoms with Crippen molar-refractivity contribution in [2.45, 2.75) is 39.5 Å². The van der Waals surface area contributed by atoms with E-state index >= 15 is 0 Å². The van der Waals surface area contributed by atoms with Gasteiger partial charge in [0.2, 0.25) is 11.8 Å². The Morgan fingerprint density at radius 1 is 1.12 bits per heavy atom. The molecule has 0 aromatic heterocycles. The van der Waals surface area contributed by atoms with Gasteiger partial charge in [-0.2, -0.15) is 0 Å². The van der Waals surface area contributed by atoms with Crippen molar-refractivity contribution >= 4 is 11.8 Å². The Morgan fingerprint density at radius 2 is 1.82 bits per heavy atom.